The fourth-order valence-electron chi connectivity index (χ4n) is 3.90. The van der Waals surface area contributed by atoms with Crippen LogP contribution in [0.2, 0.25) is 0 Å². The second kappa shape index (κ2) is 7.99. The maximum Gasteiger partial charge on any atom is 0.246 e. The Bertz CT molecular complexity index is 847. The molecule has 0 saturated carbocycles. The van der Waals surface area contributed by atoms with Gasteiger partial charge < -0.3 is 19.3 Å². The second-order valence-electron chi connectivity index (χ2n) is 7.87. The van der Waals surface area contributed by atoms with Gasteiger partial charge in [0.1, 0.15) is 11.8 Å². The van der Waals surface area contributed by atoms with Gasteiger partial charge in [0.15, 0.2) is 10.5 Å². The molecule has 1 amide bonds. The van der Waals surface area contributed by atoms with Crippen LogP contribution in [0.4, 0.5) is 0 Å². The summed E-state index contributed by atoms with van der Waals surface area (Å²) in [5.41, 5.74) is 0.361. The van der Waals surface area contributed by atoms with Crippen molar-refractivity contribution in [2.75, 3.05) is 6.61 Å². The number of nitrogens with zero attached hydrogens (tertiary/aromatic N) is 1. The number of carbonyl (C=O) groups excluding carboxylic acids is 1. The van der Waals surface area contributed by atoms with Crippen LogP contribution in [0.3, 0.4) is 0 Å². The zero-order valence-electron chi connectivity index (χ0n) is 16.7. The second-order valence-corrected chi connectivity index (χ2v) is 9.02. The Hall–Kier alpha value is -2.06. The minimum Gasteiger partial charge on any atom is -0.369 e. The van der Waals surface area contributed by atoms with Crippen LogP contribution in [-0.2, 0) is 25.2 Å². The van der Waals surface area contributed by atoms with Crippen molar-refractivity contribution in [1.82, 2.24) is 4.90 Å². The van der Waals surface area contributed by atoms with E-state index in [1.165, 1.54) is 0 Å². The molecule has 0 aliphatic carbocycles. The van der Waals surface area contributed by atoms with E-state index in [9.17, 15) is 4.79 Å². The van der Waals surface area contributed by atoms with E-state index in [1.54, 1.807) is 17.0 Å². The standard InChI is InChI=1S/C22H25NO5S/c1-21(2)23-18(15-26-21)19(25-14-16-10-6-4-7-11-16)22(3,20(23)24)29-28-27-17-12-8-5-9-13-17/h4-13,18-19H,14-15H2,1-3H3/t18?,19-,22-/m0/s1. The Morgan fingerprint density at radius 1 is 1.07 bits per heavy atom. The molecule has 4 rings (SSSR count). The van der Waals surface area contributed by atoms with Gasteiger partial charge in [-0.3, -0.25) is 4.79 Å². The zero-order chi connectivity index (χ0) is 20.5. The summed E-state index contributed by atoms with van der Waals surface area (Å²) in [5.74, 6) is 0.490. The summed E-state index contributed by atoms with van der Waals surface area (Å²) in [7, 11) is 0. The van der Waals surface area contributed by atoms with Gasteiger partial charge in [0, 0.05) is 0 Å². The van der Waals surface area contributed by atoms with E-state index in [0.29, 0.717) is 19.0 Å². The number of hydrogen-bond donors (Lipinski definition) is 0. The predicted molar refractivity (Wildman–Crippen MR) is 110 cm³/mol. The molecule has 0 N–H and O–H groups in total. The highest BCUT2D eigenvalue weighted by molar-refractivity contribution is 7.96. The molecule has 154 valence electrons. The monoisotopic (exact) mass is 415 g/mol. The van der Waals surface area contributed by atoms with Gasteiger partial charge in [-0.15, -0.1) is 4.33 Å². The Kier molecular flexibility index (Phi) is 5.57. The van der Waals surface area contributed by atoms with Crippen molar-refractivity contribution in [3.05, 3.63) is 66.2 Å². The number of amides is 1. The van der Waals surface area contributed by atoms with E-state index in [0.717, 1.165) is 17.6 Å². The van der Waals surface area contributed by atoms with Gasteiger partial charge in [0.05, 0.1) is 31.3 Å². The molecule has 2 saturated heterocycles. The van der Waals surface area contributed by atoms with Gasteiger partial charge in [-0.05, 0) is 38.5 Å². The maximum absolute atomic E-state index is 13.4. The summed E-state index contributed by atoms with van der Waals surface area (Å²) >= 11 is 0.996. The van der Waals surface area contributed by atoms with E-state index >= 15 is 0 Å². The number of rotatable bonds is 7. The molecule has 6 nitrogen and oxygen atoms in total. The lowest BCUT2D eigenvalue weighted by Gasteiger charge is -2.31. The quantitative estimate of drug-likeness (QED) is 0.388. The van der Waals surface area contributed by atoms with E-state index in [-0.39, 0.29) is 11.9 Å². The Morgan fingerprint density at radius 2 is 1.72 bits per heavy atom. The molecule has 0 bridgehead atoms. The SMILES string of the molecule is CC1(C)OCC2[C@H](OCc3ccccc3)[C@](C)(SOOc3ccccc3)C(=O)N21. The van der Waals surface area contributed by atoms with Crippen LogP contribution in [0.5, 0.6) is 5.75 Å². The zero-order valence-corrected chi connectivity index (χ0v) is 17.6. The molecule has 0 spiro atoms. The lowest BCUT2D eigenvalue weighted by molar-refractivity contribution is -0.144. The van der Waals surface area contributed by atoms with Crippen LogP contribution in [0, 0.1) is 0 Å². The van der Waals surface area contributed by atoms with Gasteiger partial charge in [-0.2, -0.15) is 0 Å². The van der Waals surface area contributed by atoms with Crippen LogP contribution in [0.15, 0.2) is 60.7 Å². The molecule has 2 aromatic carbocycles. The van der Waals surface area contributed by atoms with Gasteiger partial charge in [-0.25, -0.2) is 0 Å². The highest BCUT2D eigenvalue weighted by Crippen LogP contribution is 2.48. The minimum atomic E-state index is -0.963. The topological polar surface area (TPSA) is 57.2 Å². The average molecular weight is 416 g/mol. The van der Waals surface area contributed by atoms with E-state index in [1.807, 2.05) is 69.3 Å². The van der Waals surface area contributed by atoms with Crippen LogP contribution in [0.25, 0.3) is 0 Å². The number of para-hydroxylation sites is 1. The van der Waals surface area contributed by atoms with Gasteiger partial charge in [0.25, 0.3) is 0 Å². The molecule has 2 heterocycles. The van der Waals surface area contributed by atoms with Crippen LogP contribution in [-0.4, -0.2) is 40.0 Å². The Morgan fingerprint density at radius 3 is 2.41 bits per heavy atom. The maximum atomic E-state index is 13.4. The van der Waals surface area contributed by atoms with Gasteiger partial charge >= 0.3 is 0 Å². The van der Waals surface area contributed by atoms with Crippen LogP contribution < -0.4 is 4.89 Å². The third kappa shape index (κ3) is 3.88. The lowest BCUT2D eigenvalue weighted by Crippen LogP contribution is -2.47. The normalized spacial score (nSPS) is 27.8. The Balaban J connectivity index is 1.52. The first-order valence-corrected chi connectivity index (χ1v) is 10.4. The first kappa shape index (κ1) is 20.2. The molecule has 3 atom stereocenters. The summed E-state index contributed by atoms with van der Waals surface area (Å²) < 4.78 is 16.6. The Labute approximate surface area is 175 Å². The van der Waals surface area contributed by atoms with Crippen LogP contribution >= 0.6 is 12.0 Å². The summed E-state index contributed by atoms with van der Waals surface area (Å²) in [4.78, 5) is 20.5. The molecule has 29 heavy (non-hydrogen) atoms. The fraction of sp³-hybridized carbons (Fsp3) is 0.409. The first-order chi connectivity index (χ1) is 13.9. The number of carbonyl (C=O) groups is 1. The summed E-state index contributed by atoms with van der Waals surface area (Å²) in [6.45, 7) is 6.47. The molecule has 0 aromatic heterocycles. The molecule has 0 radical (unpaired) electrons. The van der Waals surface area contributed by atoms with Gasteiger partial charge in [-0.1, -0.05) is 48.5 Å². The minimum absolute atomic E-state index is 0.0790. The summed E-state index contributed by atoms with van der Waals surface area (Å²) in [5, 5.41) is 0. The van der Waals surface area contributed by atoms with Crippen molar-refractivity contribution >= 4 is 17.9 Å². The molecule has 2 aliphatic rings. The molecule has 2 aromatic rings. The van der Waals surface area contributed by atoms with E-state index in [2.05, 4.69) is 0 Å². The third-order valence-electron chi connectivity index (χ3n) is 5.41. The number of benzene rings is 2. The molecule has 2 aliphatic heterocycles. The van der Waals surface area contributed by atoms with Gasteiger partial charge in [0.2, 0.25) is 5.91 Å². The molecule has 2 fully saturated rings. The number of hydrogen-bond acceptors (Lipinski definition) is 6. The molecular formula is C22H25NO5S. The fourth-order valence-corrected chi connectivity index (χ4v) is 4.64. The lowest BCUT2D eigenvalue weighted by atomic mass is 10.0. The molecular weight excluding hydrogens is 390 g/mol. The predicted octanol–water partition coefficient (Wildman–Crippen LogP) is 3.97. The largest absolute Gasteiger partial charge is 0.369 e. The highest BCUT2D eigenvalue weighted by Gasteiger charge is 2.65. The van der Waals surface area contributed by atoms with E-state index in [4.69, 9.17) is 18.7 Å². The molecule has 1 unspecified atom stereocenters. The average Bonchev–Trinajstić information content (AvgIpc) is 3.14. The molecule has 7 heteroatoms. The number of ether oxygens (including phenoxy) is 2. The van der Waals surface area contributed by atoms with Crippen molar-refractivity contribution < 1.29 is 23.5 Å². The first-order valence-electron chi connectivity index (χ1n) is 9.62. The summed E-state index contributed by atoms with van der Waals surface area (Å²) in [6.07, 6.45) is -0.415. The van der Waals surface area contributed by atoms with Crippen molar-refractivity contribution in [1.29, 1.82) is 0 Å². The van der Waals surface area contributed by atoms with Crippen molar-refractivity contribution in [3.8, 4) is 5.75 Å². The third-order valence-corrected chi connectivity index (χ3v) is 6.30. The summed E-state index contributed by atoms with van der Waals surface area (Å²) in [6, 6.07) is 18.9. The van der Waals surface area contributed by atoms with Crippen molar-refractivity contribution in [2.45, 2.75) is 50.0 Å². The number of fused-ring (bicyclic) bond motifs is 1. The van der Waals surface area contributed by atoms with Crippen LogP contribution in [0.1, 0.15) is 26.3 Å². The van der Waals surface area contributed by atoms with Crippen molar-refractivity contribution in [3.63, 3.8) is 0 Å². The van der Waals surface area contributed by atoms with E-state index < -0.39 is 16.6 Å². The highest BCUT2D eigenvalue weighted by atomic mass is 32.2. The van der Waals surface area contributed by atoms with Crippen molar-refractivity contribution in [2.24, 2.45) is 0 Å². The smallest absolute Gasteiger partial charge is 0.246 e.